The second-order valence-electron chi connectivity index (χ2n) is 4.24. The number of anilines is 1. The van der Waals surface area contributed by atoms with Crippen molar-refractivity contribution >= 4 is 17.6 Å². The highest BCUT2D eigenvalue weighted by Gasteiger charge is 2.07. The fraction of sp³-hybridized carbons (Fsp3) is 0.667. The first kappa shape index (κ1) is 13.3. The van der Waals surface area contributed by atoms with Crippen LogP contribution in [0.1, 0.15) is 33.6 Å². The Bertz CT molecular complexity index is 317. The first-order chi connectivity index (χ1) is 7.65. The topological polar surface area (TPSA) is 37.8 Å². The molecule has 0 aromatic carbocycles. The number of rotatable bonds is 6. The van der Waals surface area contributed by atoms with E-state index in [4.69, 9.17) is 0 Å². The summed E-state index contributed by atoms with van der Waals surface area (Å²) in [6.45, 7) is 6.71. The Balaban J connectivity index is 2.51. The Labute approximate surface area is 102 Å². The van der Waals surface area contributed by atoms with Crippen LogP contribution >= 0.6 is 11.8 Å². The van der Waals surface area contributed by atoms with Gasteiger partial charge in [0.15, 0.2) is 0 Å². The quantitative estimate of drug-likeness (QED) is 0.609. The van der Waals surface area contributed by atoms with E-state index in [-0.39, 0.29) is 0 Å². The maximum Gasteiger partial charge on any atom is 0.130 e. The van der Waals surface area contributed by atoms with Gasteiger partial charge in [-0.3, -0.25) is 0 Å². The summed E-state index contributed by atoms with van der Waals surface area (Å²) in [5.74, 6) is 1.68. The average Bonchev–Trinajstić information content (AvgIpc) is 2.28. The van der Waals surface area contributed by atoms with Gasteiger partial charge in [-0.25, -0.2) is 9.97 Å². The molecule has 0 aliphatic carbocycles. The van der Waals surface area contributed by atoms with Gasteiger partial charge in [-0.2, -0.15) is 0 Å². The maximum absolute atomic E-state index is 4.22. The zero-order chi connectivity index (χ0) is 12.0. The maximum atomic E-state index is 4.22. The van der Waals surface area contributed by atoms with E-state index < -0.39 is 0 Å². The summed E-state index contributed by atoms with van der Waals surface area (Å²) in [7, 11) is 0. The smallest absolute Gasteiger partial charge is 0.130 e. The summed E-state index contributed by atoms with van der Waals surface area (Å²) < 4.78 is 0. The van der Waals surface area contributed by atoms with Crippen LogP contribution in [-0.4, -0.2) is 22.3 Å². The predicted octanol–water partition coefficient (Wildman–Crippen LogP) is 3.44. The SMILES string of the molecule is CCC(C)CC(C)Nc1cc(SC)ncn1. The van der Waals surface area contributed by atoms with Gasteiger partial charge < -0.3 is 5.32 Å². The van der Waals surface area contributed by atoms with Crippen LogP contribution in [-0.2, 0) is 0 Å². The zero-order valence-corrected chi connectivity index (χ0v) is 11.3. The van der Waals surface area contributed by atoms with Gasteiger partial charge >= 0.3 is 0 Å². The van der Waals surface area contributed by atoms with E-state index in [9.17, 15) is 0 Å². The monoisotopic (exact) mass is 239 g/mol. The van der Waals surface area contributed by atoms with Gasteiger partial charge in [-0.15, -0.1) is 11.8 Å². The van der Waals surface area contributed by atoms with Gasteiger partial charge in [-0.1, -0.05) is 20.3 Å². The molecule has 1 rings (SSSR count). The third kappa shape index (κ3) is 4.39. The van der Waals surface area contributed by atoms with E-state index in [2.05, 4.69) is 36.1 Å². The molecule has 1 N–H and O–H groups in total. The van der Waals surface area contributed by atoms with E-state index in [0.717, 1.165) is 16.8 Å². The van der Waals surface area contributed by atoms with Gasteiger partial charge in [0.2, 0.25) is 0 Å². The standard InChI is InChI=1S/C12H21N3S/c1-5-9(2)6-10(3)15-11-7-12(16-4)14-8-13-11/h7-10H,5-6H2,1-4H3,(H,13,14,15). The molecule has 1 aromatic rings. The molecular weight excluding hydrogens is 218 g/mol. The molecular formula is C12H21N3S. The molecule has 90 valence electrons. The van der Waals surface area contributed by atoms with Crippen LogP contribution in [0.15, 0.2) is 17.4 Å². The molecule has 4 heteroatoms. The molecule has 16 heavy (non-hydrogen) atoms. The minimum atomic E-state index is 0.458. The van der Waals surface area contributed by atoms with Crippen molar-refractivity contribution in [2.45, 2.75) is 44.7 Å². The summed E-state index contributed by atoms with van der Waals surface area (Å²) in [6.07, 6.45) is 6.04. The Morgan fingerprint density at radius 1 is 1.38 bits per heavy atom. The summed E-state index contributed by atoms with van der Waals surface area (Å²) in [5, 5.41) is 4.42. The van der Waals surface area contributed by atoms with Crippen LogP contribution in [0.25, 0.3) is 0 Å². The van der Waals surface area contributed by atoms with Crippen molar-refractivity contribution in [2.75, 3.05) is 11.6 Å². The highest BCUT2D eigenvalue weighted by atomic mass is 32.2. The molecule has 0 aliphatic rings. The Hall–Kier alpha value is -0.770. The molecule has 0 saturated carbocycles. The number of nitrogens with one attached hydrogen (secondary N) is 1. The van der Waals surface area contributed by atoms with Crippen molar-refractivity contribution in [3.05, 3.63) is 12.4 Å². The lowest BCUT2D eigenvalue weighted by atomic mass is 10.0. The highest BCUT2D eigenvalue weighted by Crippen LogP contribution is 2.16. The zero-order valence-electron chi connectivity index (χ0n) is 10.5. The second kappa shape index (κ2) is 6.74. The van der Waals surface area contributed by atoms with E-state index in [0.29, 0.717) is 6.04 Å². The molecule has 0 bridgehead atoms. The van der Waals surface area contributed by atoms with Crippen LogP contribution in [0.2, 0.25) is 0 Å². The van der Waals surface area contributed by atoms with Crippen molar-refractivity contribution in [3.8, 4) is 0 Å². The Morgan fingerprint density at radius 2 is 2.12 bits per heavy atom. The van der Waals surface area contributed by atoms with Crippen molar-refractivity contribution in [1.82, 2.24) is 9.97 Å². The predicted molar refractivity (Wildman–Crippen MR) is 71.0 cm³/mol. The molecule has 2 unspecified atom stereocenters. The summed E-state index contributed by atoms with van der Waals surface area (Å²) in [6, 6.07) is 2.46. The lowest BCUT2D eigenvalue weighted by molar-refractivity contribution is 0.483. The molecule has 1 heterocycles. The van der Waals surface area contributed by atoms with E-state index in [1.165, 1.54) is 12.8 Å². The van der Waals surface area contributed by atoms with Crippen molar-refractivity contribution in [3.63, 3.8) is 0 Å². The third-order valence-corrected chi connectivity index (χ3v) is 3.34. The molecule has 0 saturated heterocycles. The van der Waals surface area contributed by atoms with Crippen LogP contribution < -0.4 is 5.32 Å². The lowest BCUT2D eigenvalue weighted by Gasteiger charge is -2.18. The fourth-order valence-electron chi connectivity index (χ4n) is 1.61. The van der Waals surface area contributed by atoms with Gasteiger partial charge in [0.25, 0.3) is 0 Å². The summed E-state index contributed by atoms with van der Waals surface area (Å²) in [4.78, 5) is 8.38. The van der Waals surface area contributed by atoms with Crippen LogP contribution in [0.3, 0.4) is 0 Å². The summed E-state index contributed by atoms with van der Waals surface area (Å²) >= 11 is 1.64. The van der Waals surface area contributed by atoms with Crippen molar-refractivity contribution < 1.29 is 0 Å². The molecule has 0 spiro atoms. The van der Waals surface area contributed by atoms with Crippen molar-refractivity contribution in [2.24, 2.45) is 5.92 Å². The van der Waals surface area contributed by atoms with Crippen molar-refractivity contribution in [1.29, 1.82) is 0 Å². The average molecular weight is 239 g/mol. The number of thioether (sulfide) groups is 1. The Morgan fingerprint density at radius 3 is 2.75 bits per heavy atom. The van der Waals surface area contributed by atoms with Gasteiger partial charge in [0.1, 0.15) is 17.2 Å². The van der Waals surface area contributed by atoms with Gasteiger partial charge in [0, 0.05) is 12.1 Å². The molecule has 0 aliphatic heterocycles. The normalized spacial score (nSPS) is 14.5. The molecule has 0 fully saturated rings. The number of hydrogen-bond donors (Lipinski definition) is 1. The third-order valence-electron chi connectivity index (χ3n) is 2.70. The molecule has 0 amide bonds. The first-order valence-electron chi connectivity index (χ1n) is 5.78. The van der Waals surface area contributed by atoms with E-state index >= 15 is 0 Å². The van der Waals surface area contributed by atoms with Crippen LogP contribution in [0.5, 0.6) is 0 Å². The number of nitrogens with zero attached hydrogens (tertiary/aromatic N) is 2. The minimum Gasteiger partial charge on any atom is -0.367 e. The largest absolute Gasteiger partial charge is 0.367 e. The highest BCUT2D eigenvalue weighted by molar-refractivity contribution is 7.98. The molecule has 1 aromatic heterocycles. The first-order valence-corrected chi connectivity index (χ1v) is 7.00. The van der Waals surface area contributed by atoms with Crippen LogP contribution in [0.4, 0.5) is 5.82 Å². The number of hydrogen-bond acceptors (Lipinski definition) is 4. The fourth-order valence-corrected chi connectivity index (χ4v) is 1.99. The Kier molecular flexibility index (Phi) is 5.60. The van der Waals surface area contributed by atoms with Gasteiger partial charge in [-0.05, 0) is 25.5 Å². The lowest BCUT2D eigenvalue weighted by Crippen LogP contribution is -2.19. The van der Waals surface area contributed by atoms with Crippen LogP contribution in [0, 0.1) is 5.92 Å². The van der Waals surface area contributed by atoms with E-state index in [1.54, 1.807) is 18.1 Å². The minimum absolute atomic E-state index is 0.458. The summed E-state index contributed by atoms with van der Waals surface area (Å²) in [5.41, 5.74) is 0. The molecule has 0 radical (unpaired) electrons. The van der Waals surface area contributed by atoms with Gasteiger partial charge in [0.05, 0.1) is 0 Å². The second-order valence-corrected chi connectivity index (χ2v) is 5.07. The van der Waals surface area contributed by atoms with E-state index in [1.807, 2.05) is 12.3 Å². The number of aromatic nitrogens is 2. The molecule has 3 nitrogen and oxygen atoms in total. The molecule has 2 atom stereocenters.